The smallest absolute Gasteiger partial charge is 1.00 e. The third kappa shape index (κ3) is 27.4. The zero-order chi connectivity index (χ0) is 70.8. The van der Waals surface area contributed by atoms with E-state index in [1.807, 2.05) is 6.92 Å². The average Bonchev–Trinajstić information content (AvgIpc) is 1.66. The van der Waals surface area contributed by atoms with Gasteiger partial charge >= 0.3 is 109 Å². The maximum atomic E-state index is 14.1. The van der Waals surface area contributed by atoms with Crippen LogP contribution in [0.4, 0.5) is 13.2 Å². The predicted molar refractivity (Wildman–Crippen MR) is 350 cm³/mol. The Kier molecular flexibility index (Phi) is 38.3. The number of carboxylic acids is 1. The van der Waals surface area contributed by atoms with Crippen molar-refractivity contribution in [2.45, 2.75) is 59.8 Å². The number of ether oxygens (including phenoxy) is 3. The number of hydrogen-bond donors (Lipinski definition) is 7. The number of halogens is 7. The van der Waals surface area contributed by atoms with Crippen LogP contribution in [-0.4, -0.2) is 156 Å². The Hall–Kier alpha value is -5.02. The first-order chi connectivity index (χ1) is 45.6. The van der Waals surface area contributed by atoms with Gasteiger partial charge in [-0.15, -0.1) is 11.6 Å². The molecule has 34 heteroatoms. The van der Waals surface area contributed by atoms with E-state index in [0.717, 1.165) is 39.5 Å². The molecular weight excluding hydrogens is 1420 g/mol. The fourth-order valence-electron chi connectivity index (χ4n) is 9.18. The van der Waals surface area contributed by atoms with E-state index in [2.05, 4.69) is 44.9 Å². The Morgan fingerprint density at radius 2 is 1.08 bits per heavy atom. The van der Waals surface area contributed by atoms with Crippen LogP contribution < -0.4 is 141 Å². The van der Waals surface area contributed by atoms with Crippen LogP contribution in [0.15, 0.2) is 103 Å². The van der Waals surface area contributed by atoms with Crippen LogP contribution in [0.1, 0.15) is 66.3 Å². The van der Waals surface area contributed by atoms with E-state index in [9.17, 15) is 46.7 Å². The minimum Gasteiger partial charge on any atom is -1.00 e. The SMILES string of the molecule is CC1(CN(CC(=O)NCc2cccc(Cl)c2F)C(=O)Cn2nc(C(N)=O)c3ccccc32)COC1.CC1(CN)COC1.CC1(CNCC(=O)NCc2cccc(Cl)c2F)COC1.NC(=O)c1nn(CC(=O)O)c2ccccc12.O=C(CCl)CCc1cccc(Cl)c1F.O=CO[O-].[H-].[K+].[K+]. The van der Waals surface area contributed by atoms with Crippen molar-refractivity contribution in [3.8, 4) is 0 Å². The van der Waals surface area contributed by atoms with Gasteiger partial charge in [0.1, 0.15) is 36.3 Å². The molecule has 0 bridgehead atoms. The number of Topliss-reactive ketones (excluding diaryl/α,β-unsaturated/α-hetero) is 1. The van der Waals surface area contributed by atoms with E-state index in [1.165, 1.54) is 38.5 Å². The summed E-state index contributed by atoms with van der Waals surface area (Å²) in [5.74, 6) is -5.03. The van der Waals surface area contributed by atoms with Crippen LogP contribution in [0.5, 0.6) is 0 Å². The summed E-state index contributed by atoms with van der Waals surface area (Å²) in [6.07, 6.45) is 0.596. The number of fused-ring (bicyclic) bond motifs is 2. The van der Waals surface area contributed by atoms with Gasteiger partial charge in [0.2, 0.25) is 17.7 Å². The van der Waals surface area contributed by atoms with Crippen molar-refractivity contribution in [1.29, 1.82) is 0 Å². The molecule has 0 radical (unpaired) electrons. The number of nitrogens with zero attached hydrogens (tertiary/aromatic N) is 5. The van der Waals surface area contributed by atoms with E-state index in [1.54, 1.807) is 78.9 Å². The van der Waals surface area contributed by atoms with Crippen molar-refractivity contribution >= 4 is 116 Å². The summed E-state index contributed by atoms with van der Waals surface area (Å²) in [4.78, 5) is 94.8. The second-order valence-corrected chi connectivity index (χ2v) is 24.7. The van der Waals surface area contributed by atoms with E-state index in [4.69, 9.17) is 93.0 Å². The first-order valence-electron chi connectivity index (χ1n) is 29.4. The van der Waals surface area contributed by atoms with Crippen molar-refractivity contribution < 1.29 is 185 Å². The van der Waals surface area contributed by atoms with Gasteiger partial charge in [0, 0.05) is 77.3 Å². The summed E-state index contributed by atoms with van der Waals surface area (Å²) >= 11 is 22.4. The zero-order valence-electron chi connectivity index (χ0n) is 55.5. The monoisotopic (exact) mass is 1500 g/mol. The summed E-state index contributed by atoms with van der Waals surface area (Å²) in [6.45, 7) is 11.4. The molecule has 7 aromatic rings. The number of carbonyl (C=O) groups excluding carboxylic acids is 7. The van der Waals surface area contributed by atoms with Crippen LogP contribution >= 0.6 is 46.4 Å². The molecule has 0 atom stereocenters. The third-order valence-electron chi connectivity index (χ3n) is 14.6. The number of alkyl halides is 1. The number of aliphatic carboxylic acids is 1. The molecule has 520 valence electrons. The standard InChI is InChI=1S/C24H25ClFN5O4.C14H18ClFN2O2.C10H9Cl2FO.C10H9N3O3.C5H11NO.CH2O3.2K.H/c1-24(13-35-14-24)12-30(10-19(32)28-9-15-5-4-7-17(25)21(15)26)20(33)11-31-18-8-3-2-6-16(18)22(29-31)23(27)34;1-14(8-20-9-14)7-17-6-12(19)18-5-10-3-2-4-11(15)13(10)16;11-6-8(14)5-4-7-2-1-3-9(12)10(7)13;11-10(16)9-6-3-1-2-4-7(6)13(12-9)5-8(14)15;1-5(2-6)3-7-4-5;2-1-4-3;;;/h2-8H,9-14H2,1H3,(H2,27,34)(H,28,32);2-4,17H,5-9H2,1H3,(H,18,19);1-3H,4-6H2;1-4H,5H2,(H2,11,16)(H,14,15);2-4,6H2,1H3;1,3H;;;/q;;;;;;2*+1;-1/p-1. The summed E-state index contributed by atoms with van der Waals surface area (Å²) < 4.78 is 59.1. The number of carbonyl (C=O) groups is 8. The van der Waals surface area contributed by atoms with Gasteiger partial charge in [-0.1, -0.05) is 128 Å². The van der Waals surface area contributed by atoms with Crippen molar-refractivity contribution in [2.24, 2.45) is 33.4 Å². The number of aryl methyl sites for hydroxylation is 1. The van der Waals surface area contributed by atoms with Crippen LogP contribution in [0.3, 0.4) is 0 Å². The second-order valence-electron chi connectivity index (χ2n) is 23.2. The molecule has 2 aromatic heterocycles. The fraction of sp³-hybridized carbons (Fsp3) is 0.375. The Balaban J connectivity index is 0.000000446. The number of para-hydroxylation sites is 2. The molecule has 0 spiro atoms. The normalized spacial score (nSPS) is 13.8. The minimum absolute atomic E-state index is 0. The first kappa shape index (κ1) is 87.2. The molecule has 10 N–H and O–H groups in total. The number of nitrogens with one attached hydrogen (secondary N) is 3. The Bertz CT molecular complexity index is 3850. The number of ketones is 1. The van der Waals surface area contributed by atoms with Gasteiger partial charge in [-0.2, -0.15) is 10.2 Å². The van der Waals surface area contributed by atoms with Crippen molar-refractivity contribution in [3.05, 3.63) is 164 Å². The Morgan fingerprint density at radius 3 is 1.47 bits per heavy atom. The van der Waals surface area contributed by atoms with Gasteiger partial charge < -0.3 is 68.9 Å². The van der Waals surface area contributed by atoms with Gasteiger partial charge in [0.15, 0.2) is 11.4 Å². The topological polar surface area (TPSA) is 370 Å². The number of hydrogen-bond acceptors (Lipinski definition) is 17. The molecule has 25 nitrogen and oxygen atoms in total. The molecule has 3 aliphatic heterocycles. The van der Waals surface area contributed by atoms with Crippen molar-refractivity contribution in [3.63, 3.8) is 0 Å². The summed E-state index contributed by atoms with van der Waals surface area (Å²) in [7, 11) is 0. The van der Waals surface area contributed by atoms with E-state index in [-0.39, 0.29) is 229 Å². The van der Waals surface area contributed by atoms with Gasteiger partial charge in [-0.3, -0.25) is 47.7 Å². The van der Waals surface area contributed by atoms with Crippen LogP contribution in [0.2, 0.25) is 15.1 Å². The van der Waals surface area contributed by atoms with Crippen LogP contribution in [0.25, 0.3) is 21.8 Å². The quantitative estimate of drug-likeness (QED) is 0.0135. The number of nitrogens with two attached hydrogens (primary N) is 3. The van der Waals surface area contributed by atoms with Gasteiger partial charge in [-0.25, -0.2) is 13.2 Å². The van der Waals surface area contributed by atoms with Crippen LogP contribution in [0, 0.1) is 33.7 Å². The zero-order valence-corrected chi connectivity index (χ0v) is 63.8. The minimum atomic E-state index is -1.02. The molecule has 5 amide bonds. The van der Waals surface area contributed by atoms with Gasteiger partial charge in [0.05, 0.1) is 84.7 Å². The largest absolute Gasteiger partial charge is 1.00 e. The molecule has 3 aliphatic rings. The second kappa shape index (κ2) is 43.1. The molecule has 0 aliphatic carbocycles. The Labute approximate surface area is 669 Å². The molecule has 10 rings (SSSR count). The Morgan fingerprint density at radius 1 is 0.663 bits per heavy atom. The van der Waals surface area contributed by atoms with E-state index < -0.39 is 41.1 Å². The van der Waals surface area contributed by atoms with Crippen LogP contribution in [-0.2, 0) is 80.5 Å². The number of rotatable bonds is 24. The first-order valence-corrected chi connectivity index (χ1v) is 31.0. The van der Waals surface area contributed by atoms with Crippen molar-refractivity contribution in [2.75, 3.05) is 78.2 Å². The fourth-order valence-corrected chi connectivity index (χ4v) is 9.90. The predicted octanol–water partition coefficient (Wildman–Crippen LogP) is -0.193. The number of benzene rings is 5. The average molecular weight is 1500 g/mol. The summed E-state index contributed by atoms with van der Waals surface area (Å²) in [6, 6.07) is 27.8. The number of aromatic nitrogens is 4. The van der Waals surface area contributed by atoms with Crippen molar-refractivity contribution in [1.82, 2.24) is 40.4 Å². The molecule has 5 heterocycles. The molecule has 3 saturated heterocycles. The maximum absolute atomic E-state index is 14.1. The van der Waals surface area contributed by atoms with E-state index in [0.29, 0.717) is 58.0 Å². The van der Waals surface area contributed by atoms with Gasteiger partial charge in [-0.05, 0) is 42.3 Å². The number of primary amides is 2. The molecule has 0 unspecified atom stereocenters. The third-order valence-corrected chi connectivity index (χ3v) is 15.7. The van der Waals surface area contributed by atoms with Gasteiger partial charge in [0.25, 0.3) is 18.3 Å². The number of amides is 5. The number of carboxylic acid groups (broad SMARTS) is 1. The summed E-state index contributed by atoms with van der Waals surface area (Å²) in [5, 5.41) is 34.8. The van der Waals surface area contributed by atoms with E-state index >= 15 is 0 Å². The molecule has 3 fully saturated rings. The molecular formula is C64H74Cl4F3K2N11O14. The summed E-state index contributed by atoms with van der Waals surface area (Å²) in [5.41, 5.74) is 18.5. The molecule has 0 saturated carbocycles. The maximum Gasteiger partial charge on any atom is 1.00 e. The molecule has 98 heavy (non-hydrogen) atoms. The molecule has 5 aromatic carbocycles.